The van der Waals surface area contributed by atoms with Crippen LogP contribution in [-0.2, 0) is 21.3 Å². The summed E-state index contributed by atoms with van der Waals surface area (Å²) >= 11 is 0. The van der Waals surface area contributed by atoms with Gasteiger partial charge in [0.15, 0.2) is 0 Å². The largest absolute Gasteiger partial charge is 0.465 e. The van der Waals surface area contributed by atoms with Crippen LogP contribution in [0.5, 0.6) is 0 Å². The van der Waals surface area contributed by atoms with Crippen molar-refractivity contribution in [2.75, 3.05) is 33.3 Å². The van der Waals surface area contributed by atoms with Gasteiger partial charge in [0.2, 0.25) is 10.0 Å². The van der Waals surface area contributed by atoms with E-state index in [1.54, 1.807) is 54.6 Å². The minimum absolute atomic E-state index is 0.238. The Kier molecular flexibility index (Phi) is 6.92. The first-order valence-electron chi connectivity index (χ1n) is 12.0. The summed E-state index contributed by atoms with van der Waals surface area (Å²) in [5.74, 6) is -0.729. The number of rotatable bonds is 6. The second kappa shape index (κ2) is 10.3. The van der Waals surface area contributed by atoms with E-state index in [4.69, 9.17) is 4.74 Å². The molecule has 1 aromatic heterocycles. The lowest BCUT2D eigenvalue weighted by Gasteiger charge is -2.34. The highest BCUT2D eigenvalue weighted by atomic mass is 32.2. The Bertz CT molecular complexity index is 1540. The minimum Gasteiger partial charge on any atom is -0.465 e. The predicted molar refractivity (Wildman–Crippen MR) is 140 cm³/mol. The minimum atomic E-state index is -3.48. The Labute approximate surface area is 215 Å². The van der Waals surface area contributed by atoms with E-state index < -0.39 is 16.0 Å². The van der Waals surface area contributed by atoms with Crippen LogP contribution in [0.4, 0.5) is 0 Å². The third-order valence-corrected chi connectivity index (χ3v) is 8.57. The molecule has 3 aromatic carbocycles. The maximum Gasteiger partial charge on any atom is 0.340 e. The quantitative estimate of drug-likeness (QED) is 0.363. The van der Waals surface area contributed by atoms with Crippen molar-refractivity contribution in [3.63, 3.8) is 0 Å². The number of esters is 1. The standard InChI is InChI=1S/C28H27N3O5S/c1-36-28(33)25-20-31(26-10-6-5-9-24(25)26)27(32)22-13-11-21(12-14-22)19-29-15-17-30(18-16-29)37(34,35)23-7-3-2-4-8-23/h2-14,20H,15-19H2,1H3. The summed E-state index contributed by atoms with van der Waals surface area (Å²) in [6.45, 7) is 2.76. The molecule has 0 N–H and O–H groups in total. The molecule has 0 amide bonds. The number of nitrogens with zero attached hydrogens (tertiary/aromatic N) is 3. The first-order valence-corrected chi connectivity index (χ1v) is 13.4. The zero-order valence-corrected chi connectivity index (χ0v) is 21.2. The van der Waals surface area contributed by atoms with E-state index in [0.717, 1.165) is 5.56 Å². The maximum absolute atomic E-state index is 13.3. The molecule has 1 aliphatic rings. The van der Waals surface area contributed by atoms with Crippen LogP contribution in [-0.4, -0.2) is 67.4 Å². The Morgan fingerprint density at radius 1 is 0.838 bits per heavy atom. The molecule has 2 heterocycles. The molecule has 190 valence electrons. The SMILES string of the molecule is COC(=O)c1cn(C(=O)c2ccc(CN3CCN(S(=O)(=O)c4ccccc4)CC3)cc2)c2ccccc12. The van der Waals surface area contributed by atoms with Crippen LogP contribution in [0.3, 0.4) is 0 Å². The fourth-order valence-corrected chi connectivity index (χ4v) is 6.08. The molecular formula is C28H27N3O5S. The molecule has 1 fully saturated rings. The van der Waals surface area contributed by atoms with Gasteiger partial charge in [-0.15, -0.1) is 0 Å². The van der Waals surface area contributed by atoms with Crippen molar-refractivity contribution in [2.24, 2.45) is 0 Å². The molecule has 37 heavy (non-hydrogen) atoms. The van der Waals surface area contributed by atoms with Crippen molar-refractivity contribution in [1.82, 2.24) is 13.8 Å². The van der Waals surface area contributed by atoms with E-state index in [1.165, 1.54) is 22.2 Å². The molecule has 0 spiro atoms. The summed E-state index contributed by atoms with van der Waals surface area (Å²) < 4.78 is 33.6. The highest BCUT2D eigenvalue weighted by molar-refractivity contribution is 7.89. The molecule has 9 heteroatoms. The molecule has 0 atom stereocenters. The van der Waals surface area contributed by atoms with E-state index in [0.29, 0.717) is 59.6 Å². The fraction of sp³-hybridized carbons (Fsp3) is 0.214. The number of aromatic nitrogens is 1. The van der Waals surface area contributed by atoms with Crippen LogP contribution in [0.1, 0.15) is 26.3 Å². The average molecular weight is 518 g/mol. The topological polar surface area (TPSA) is 88.9 Å². The Morgan fingerprint density at radius 3 is 2.16 bits per heavy atom. The number of piperazine rings is 1. The lowest BCUT2D eigenvalue weighted by molar-refractivity contribution is 0.0603. The fourth-order valence-electron chi connectivity index (χ4n) is 4.64. The smallest absolute Gasteiger partial charge is 0.340 e. The zero-order chi connectivity index (χ0) is 26.0. The van der Waals surface area contributed by atoms with Crippen LogP contribution in [0.2, 0.25) is 0 Å². The van der Waals surface area contributed by atoms with Crippen molar-refractivity contribution >= 4 is 32.8 Å². The Balaban J connectivity index is 1.25. The lowest BCUT2D eigenvalue weighted by atomic mass is 10.1. The van der Waals surface area contributed by atoms with Gasteiger partial charge >= 0.3 is 5.97 Å². The number of benzene rings is 3. The van der Waals surface area contributed by atoms with Gasteiger partial charge in [-0.1, -0.05) is 48.5 Å². The third-order valence-electron chi connectivity index (χ3n) is 6.66. The predicted octanol–water partition coefficient (Wildman–Crippen LogP) is 3.62. The van der Waals surface area contributed by atoms with Gasteiger partial charge in [0, 0.05) is 49.9 Å². The van der Waals surface area contributed by atoms with Crippen LogP contribution >= 0.6 is 0 Å². The van der Waals surface area contributed by atoms with E-state index >= 15 is 0 Å². The van der Waals surface area contributed by atoms with Gasteiger partial charge < -0.3 is 4.74 Å². The summed E-state index contributed by atoms with van der Waals surface area (Å²) in [6, 6.07) is 23.1. The Morgan fingerprint density at radius 2 is 1.49 bits per heavy atom. The van der Waals surface area contributed by atoms with Crippen LogP contribution in [0.25, 0.3) is 10.9 Å². The number of methoxy groups -OCH3 is 1. The normalized spacial score (nSPS) is 15.1. The molecule has 5 rings (SSSR count). The number of hydrogen-bond donors (Lipinski definition) is 0. The number of para-hydroxylation sites is 1. The molecule has 4 aromatic rings. The number of sulfonamides is 1. The molecule has 0 aliphatic carbocycles. The number of fused-ring (bicyclic) bond motifs is 1. The van der Waals surface area contributed by atoms with Crippen LogP contribution < -0.4 is 0 Å². The molecule has 0 bridgehead atoms. The van der Waals surface area contributed by atoms with Crippen LogP contribution in [0, 0.1) is 0 Å². The average Bonchev–Trinajstić information content (AvgIpc) is 3.33. The molecule has 1 saturated heterocycles. The second-order valence-electron chi connectivity index (χ2n) is 8.92. The monoisotopic (exact) mass is 517 g/mol. The lowest BCUT2D eigenvalue weighted by Crippen LogP contribution is -2.48. The summed E-state index contributed by atoms with van der Waals surface area (Å²) in [4.78, 5) is 28.0. The summed E-state index contributed by atoms with van der Waals surface area (Å²) in [5, 5.41) is 0.660. The summed E-state index contributed by atoms with van der Waals surface area (Å²) in [5.41, 5.74) is 2.51. The van der Waals surface area contributed by atoms with Gasteiger partial charge in [-0.3, -0.25) is 14.3 Å². The van der Waals surface area contributed by atoms with Crippen molar-refractivity contribution in [3.05, 3.63) is 102 Å². The number of hydrogen-bond acceptors (Lipinski definition) is 6. The molecule has 1 aliphatic heterocycles. The number of ether oxygens (including phenoxy) is 1. The third kappa shape index (κ3) is 4.93. The Hall–Kier alpha value is -3.79. The molecule has 0 radical (unpaired) electrons. The van der Waals surface area contributed by atoms with Gasteiger partial charge in [-0.05, 0) is 35.9 Å². The van der Waals surface area contributed by atoms with E-state index in [2.05, 4.69) is 4.90 Å². The molecule has 0 saturated carbocycles. The number of carbonyl (C=O) groups excluding carboxylic acids is 2. The zero-order valence-electron chi connectivity index (χ0n) is 20.4. The summed E-state index contributed by atoms with van der Waals surface area (Å²) in [7, 11) is -2.17. The highest BCUT2D eigenvalue weighted by Crippen LogP contribution is 2.24. The molecule has 8 nitrogen and oxygen atoms in total. The van der Waals surface area contributed by atoms with Gasteiger partial charge in [-0.2, -0.15) is 4.31 Å². The van der Waals surface area contributed by atoms with Gasteiger partial charge in [0.25, 0.3) is 5.91 Å². The molecule has 0 unspecified atom stereocenters. The number of carbonyl (C=O) groups is 2. The van der Waals surface area contributed by atoms with E-state index in [9.17, 15) is 18.0 Å². The molecular weight excluding hydrogens is 490 g/mol. The maximum atomic E-state index is 13.3. The first kappa shape index (κ1) is 24.9. The van der Waals surface area contributed by atoms with Gasteiger partial charge in [0.05, 0.1) is 23.1 Å². The van der Waals surface area contributed by atoms with Crippen molar-refractivity contribution in [2.45, 2.75) is 11.4 Å². The highest BCUT2D eigenvalue weighted by Gasteiger charge is 2.28. The van der Waals surface area contributed by atoms with Crippen LogP contribution in [0.15, 0.2) is 90.0 Å². The van der Waals surface area contributed by atoms with Crippen molar-refractivity contribution in [3.8, 4) is 0 Å². The van der Waals surface area contributed by atoms with Gasteiger partial charge in [-0.25, -0.2) is 13.2 Å². The van der Waals surface area contributed by atoms with E-state index in [1.807, 2.05) is 24.3 Å². The summed E-state index contributed by atoms with van der Waals surface area (Å²) in [6.07, 6.45) is 1.52. The first-order chi connectivity index (χ1) is 17.9. The second-order valence-corrected chi connectivity index (χ2v) is 10.9. The van der Waals surface area contributed by atoms with Crippen molar-refractivity contribution in [1.29, 1.82) is 0 Å². The van der Waals surface area contributed by atoms with E-state index in [-0.39, 0.29) is 5.91 Å². The van der Waals surface area contributed by atoms with Gasteiger partial charge in [0.1, 0.15) is 0 Å². The van der Waals surface area contributed by atoms with Crippen molar-refractivity contribution < 1.29 is 22.7 Å².